The number of hydrogen-bond acceptors (Lipinski definition) is 4. The fourth-order valence-electron chi connectivity index (χ4n) is 3.55. The first-order valence-corrected chi connectivity index (χ1v) is 12.2. The Morgan fingerprint density at radius 1 is 0.633 bits per heavy atom. The first kappa shape index (κ1) is 28.4. The summed E-state index contributed by atoms with van der Waals surface area (Å²) >= 11 is 0. The molecule has 30 heavy (non-hydrogen) atoms. The van der Waals surface area contributed by atoms with Crippen molar-refractivity contribution in [3.63, 3.8) is 0 Å². The highest BCUT2D eigenvalue weighted by atomic mass is 16.5. The molecule has 0 aromatic rings. The van der Waals surface area contributed by atoms with Crippen molar-refractivity contribution < 1.29 is 19.1 Å². The van der Waals surface area contributed by atoms with Gasteiger partial charge < -0.3 is 9.47 Å². The zero-order valence-electron chi connectivity index (χ0n) is 19.5. The van der Waals surface area contributed by atoms with E-state index in [0.29, 0.717) is 6.61 Å². The van der Waals surface area contributed by atoms with E-state index in [-0.39, 0.29) is 18.0 Å². The third-order valence-corrected chi connectivity index (χ3v) is 5.40. The van der Waals surface area contributed by atoms with Crippen LogP contribution in [0.3, 0.4) is 0 Å². The van der Waals surface area contributed by atoms with Crippen LogP contribution in [-0.4, -0.2) is 24.6 Å². The molecule has 0 aromatic carbocycles. The van der Waals surface area contributed by atoms with Crippen LogP contribution in [0.4, 0.5) is 0 Å². The lowest BCUT2D eigenvalue weighted by atomic mass is 10.0. The summed E-state index contributed by atoms with van der Waals surface area (Å²) in [5.41, 5.74) is 0. The average molecular weight is 423 g/mol. The molecular formula is C26H46O4. The van der Waals surface area contributed by atoms with E-state index >= 15 is 0 Å². The zero-order valence-corrected chi connectivity index (χ0v) is 19.5. The Balaban J connectivity index is 3.14. The summed E-state index contributed by atoms with van der Waals surface area (Å²) in [6.45, 7) is 9.28. The van der Waals surface area contributed by atoms with Crippen molar-refractivity contribution in [1.29, 1.82) is 0 Å². The molecule has 1 atom stereocenters. The van der Waals surface area contributed by atoms with Crippen LogP contribution in [0.15, 0.2) is 25.3 Å². The van der Waals surface area contributed by atoms with Crippen molar-refractivity contribution in [1.82, 2.24) is 0 Å². The van der Waals surface area contributed by atoms with Gasteiger partial charge in [-0.25, -0.2) is 9.59 Å². The van der Waals surface area contributed by atoms with Gasteiger partial charge in [0.2, 0.25) is 0 Å². The van der Waals surface area contributed by atoms with Crippen molar-refractivity contribution in [3.8, 4) is 0 Å². The smallest absolute Gasteiger partial charge is 0.330 e. The summed E-state index contributed by atoms with van der Waals surface area (Å²) in [5, 5.41) is 0. The van der Waals surface area contributed by atoms with Gasteiger partial charge in [-0.15, -0.1) is 0 Å². The molecule has 0 aromatic heterocycles. The number of carbonyl (C=O) groups excluding carboxylic acids is 2. The maximum atomic E-state index is 11.1. The highest BCUT2D eigenvalue weighted by Crippen LogP contribution is 2.14. The van der Waals surface area contributed by atoms with Gasteiger partial charge in [-0.3, -0.25) is 0 Å². The molecular weight excluding hydrogens is 376 g/mol. The third kappa shape index (κ3) is 21.1. The highest BCUT2D eigenvalue weighted by molar-refractivity contribution is 5.81. The first-order chi connectivity index (χ1) is 14.6. The zero-order chi connectivity index (χ0) is 22.3. The van der Waals surface area contributed by atoms with Crippen molar-refractivity contribution in [2.24, 2.45) is 0 Å². The molecule has 1 unspecified atom stereocenters. The fraction of sp³-hybridized carbons (Fsp3) is 0.769. The molecule has 0 aliphatic rings. The van der Waals surface area contributed by atoms with Crippen LogP contribution >= 0.6 is 0 Å². The Morgan fingerprint density at radius 2 is 1.00 bits per heavy atom. The minimum absolute atomic E-state index is 0.00411. The molecule has 174 valence electrons. The van der Waals surface area contributed by atoms with Crippen LogP contribution < -0.4 is 0 Å². The quantitative estimate of drug-likeness (QED) is 0.103. The van der Waals surface area contributed by atoms with E-state index < -0.39 is 0 Å². The van der Waals surface area contributed by atoms with Crippen LogP contribution in [0.25, 0.3) is 0 Å². The Kier molecular flexibility index (Phi) is 20.9. The second-order valence-corrected chi connectivity index (χ2v) is 8.27. The molecule has 0 saturated heterocycles. The number of carbonyl (C=O) groups is 2. The number of rotatable bonds is 22. The topological polar surface area (TPSA) is 52.6 Å². The second kappa shape index (κ2) is 22.1. The Labute approximate surface area is 185 Å². The van der Waals surface area contributed by atoms with Gasteiger partial charge in [-0.05, 0) is 26.2 Å². The largest absolute Gasteiger partial charge is 0.463 e. The lowest BCUT2D eigenvalue weighted by Crippen LogP contribution is -2.12. The van der Waals surface area contributed by atoms with Gasteiger partial charge in [-0.1, -0.05) is 103 Å². The van der Waals surface area contributed by atoms with E-state index in [2.05, 4.69) is 13.2 Å². The van der Waals surface area contributed by atoms with Crippen molar-refractivity contribution >= 4 is 11.9 Å². The average Bonchev–Trinajstić information content (AvgIpc) is 2.74. The summed E-state index contributed by atoms with van der Waals surface area (Å²) in [5.74, 6) is -0.631. The minimum Gasteiger partial charge on any atom is -0.463 e. The highest BCUT2D eigenvalue weighted by Gasteiger charge is 2.05. The van der Waals surface area contributed by atoms with Crippen molar-refractivity contribution in [3.05, 3.63) is 25.3 Å². The van der Waals surface area contributed by atoms with Crippen LogP contribution in [-0.2, 0) is 19.1 Å². The van der Waals surface area contributed by atoms with E-state index in [1.54, 1.807) is 0 Å². The summed E-state index contributed by atoms with van der Waals surface area (Å²) in [7, 11) is 0. The number of esters is 2. The van der Waals surface area contributed by atoms with Gasteiger partial charge in [0.05, 0.1) is 12.7 Å². The lowest BCUT2D eigenvalue weighted by molar-refractivity contribution is -0.142. The number of ether oxygens (including phenoxy) is 2. The number of unbranched alkanes of at least 4 members (excludes halogenated alkanes) is 15. The molecule has 0 aliphatic carbocycles. The second-order valence-electron chi connectivity index (χ2n) is 8.27. The van der Waals surface area contributed by atoms with E-state index in [1.165, 1.54) is 95.6 Å². The van der Waals surface area contributed by atoms with Crippen LogP contribution in [0.2, 0.25) is 0 Å². The Bertz CT molecular complexity index is 444. The predicted octanol–water partition coefficient (Wildman–Crippen LogP) is 7.47. The Morgan fingerprint density at radius 3 is 1.40 bits per heavy atom. The van der Waals surface area contributed by atoms with Crippen LogP contribution in [0.1, 0.15) is 116 Å². The van der Waals surface area contributed by atoms with E-state index in [1.807, 2.05) is 6.92 Å². The molecule has 0 fully saturated rings. The summed E-state index contributed by atoms with van der Waals surface area (Å²) in [4.78, 5) is 22.0. The van der Waals surface area contributed by atoms with Gasteiger partial charge in [-0.2, -0.15) is 0 Å². The van der Waals surface area contributed by atoms with Crippen molar-refractivity contribution in [2.45, 2.75) is 122 Å². The molecule has 0 amide bonds. The van der Waals surface area contributed by atoms with Crippen molar-refractivity contribution in [2.75, 3.05) is 6.61 Å². The molecule has 0 rings (SSSR count). The SMILES string of the molecule is C=CC(=O)OCCCCCCCCCCCCCCCCCCC(C)OC(=O)C=C. The van der Waals surface area contributed by atoms with Crippen LogP contribution in [0.5, 0.6) is 0 Å². The summed E-state index contributed by atoms with van der Waals surface area (Å²) < 4.78 is 10.1. The Hall–Kier alpha value is -1.58. The van der Waals surface area contributed by atoms with Gasteiger partial charge in [0, 0.05) is 12.2 Å². The molecule has 4 heteroatoms. The number of hydrogen-bond donors (Lipinski definition) is 0. The molecule has 0 heterocycles. The molecule has 0 aliphatic heterocycles. The summed E-state index contributed by atoms with van der Waals surface area (Å²) in [6, 6.07) is 0. The molecule has 0 saturated carbocycles. The minimum atomic E-state index is -0.316. The molecule has 0 N–H and O–H groups in total. The molecule has 0 bridgehead atoms. The van der Waals surface area contributed by atoms with Crippen LogP contribution in [0, 0.1) is 0 Å². The molecule has 0 spiro atoms. The first-order valence-electron chi connectivity index (χ1n) is 12.2. The van der Waals surface area contributed by atoms with Gasteiger partial charge in [0.15, 0.2) is 0 Å². The standard InChI is InChI=1S/C26H46O4/c1-4-25(27)29-23-21-19-17-15-13-11-9-7-6-8-10-12-14-16-18-20-22-24(3)30-26(28)5-2/h4-5,24H,1-2,6-23H2,3H3. The van der Waals surface area contributed by atoms with Gasteiger partial charge >= 0.3 is 11.9 Å². The fourth-order valence-corrected chi connectivity index (χ4v) is 3.55. The maximum absolute atomic E-state index is 11.1. The van der Waals surface area contributed by atoms with E-state index in [0.717, 1.165) is 25.7 Å². The molecule has 4 nitrogen and oxygen atoms in total. The van der Waals surface area contributed by atoms with Gasteiger partial charge in [0.25, 0.3) is 0 Å². The van der Waals surface area contributed by atoms with E-state index in [9.17, 15) is 9.59 Å². The lowest BCUT2D eigenvalue weighted by Gasteiger charge is -2.11. The third-order valence-electron chi connectivity index (χ3n) is 5.40. The van der Waals surface area contributed by atoms with E-state index in [4.69, 9.17) is 9.47 Å². The van der Waals surface area contributed by atoms with Gasteiger partial charge in [0.1, 0.15) is 0 Å². The summed E-state index contributed by atoms with van der Waals surface area (Å²) in [6.07, 6.45) is 23.9. The predicted molar refractivity (Wildman–Crippen MR) is 125 cm³/mol. The molecule has 0 radical (unpaired) electrons. The maximum Gasteiger partial charge on any atom is 0.330 e. The monoisotopic (exact) mass is 422 g/mol. The normalized spacial score (nSPS) is 11.6.